The maximum atomic E-state index is 2.46. The second-order valence-electron chi connectivity index (χ2n) is 12.6. The van der Waals surface area contributed by atoms with Crippen LogP contribution in [0, 0.1) is 0 Å². The van der Waals surface area contributed by atoms with Crippen molar-refractivity contribution in [3.8, 4) is 33.6 Å². The molecule has 8 aromatic carbocycles. The molecule has 10 aromatic rings. The summed E-state index contributed by atoms with van der Waals surface area (Å²) in [4.78, 5) is 0. The molecule has 0 fully saturated rings. The predicted octanol–water partition coefficient (Wildman–Crippen LogP) is 12.4. The van der Waals surface area contributed by atoms with Crippen molar-refractivity contribution >= 4 is 54.4 Å². The molecule has 0 saturated carbocycles. The van der Waals surface area contributed by atoms with Crippen LogP contribution < -0.4 is 0 Å². The molecule has 0 atom stereocenters. The molecule has 0 saturated heterocycles. The maximum absolute atomic E-state index is 2.46. The Kier molecular flexibility index (Phi) is 5.91. The van der Waals surface area contributed by atoms with E-state index in [-0.39, 0.29) is 0 Å². The maximum Gasteiger partial charge on any atom is 0.0562 e. The number of fused-ring (bicyclic) bond motifs is 7. The van der Waals surface area contributed by atoms with E-state index < -0.39 is 0 Å². The molecule has 224 valence electrons. The predicted molar refractivity (Wildman–Crippen MR) is 203 cm³/mol. The zero-order valence-corrected chi connectivity index (χ0v) is 26.2. The lowest BCUT2D eigenvalue weighted by Crippen LogP contribution is -1.98. The molecule has 0 bridgehead atoms. The van der Waals surface area contributed by atoms with Gasteiger partial charge in [-0.25, -0.2) is 0 Å². The van der Waals surface area contributed by atoms with Crippen molar-refractivity contribution in [3.63, 3.8) is 0 Å². The molecule has 0 aliphatic carbocycles. The lowest BCUT2D eigenvalue weighted by Gasteiger charge is -2.14. The van der Waals surface area contributed by atoms with Gasteiger partial charge in [-0.2, -0.15) is 0 Å². The number of rotatable bonds is 4. The quantitative estimate of drug-likeness (QED) is 0.188. The minimum Gasteiger partial charge on any atom is -0.309 e. The van der Waals surface area contributed by atoms with Gasteiger partial charge in [0.05, 0.1) is 27.8 Å². The van der Waals surface area contributed by atoms with E-state index in [2.05, 4.69) is 191 Å². The van der Waals surface area contributed by atoms with Gasteiger partial charge in [-0.3, -0.25) is 0 Å². The van der Waals surface area contributed by atoms with Crippen LogP contribution in [0.4, 0.5) is 0 Å². The Balaban J connectivity index is 1.22. The highest BCUT2D eigenvalue weighted by molar-refractivity contribution is 6.19. The summed E-state index contributed by atoms with van der Waals surface area (Å²) in [6.07, 6.45) is 0. The molecule has 2 nitrogen and oxygen atoms in total. The highest BCUT2D eigenvalue weighted by Gasteiger charge is 2.19. The van der Waals surface area contributed by atoms with Gasteiger partial charge in [-0.15, -0.1) is 0 Å². The third kappa shape index (κ3) is 4.06. The van der Waals surface area contributed by atoms with Crippen LogP contribution >= 0.6 is 0 Å². The fourth-order valence-electron chi connectivity index (χ4n) is 7.67. The van der Waals surface area contributed by atoms with E-state index in [0.29, 0.717) is 0 Å². The Labute approximate surface area is 278 Å². The van der Waals surface area contributed by atoms with Crippen molar-refractivity contribution in [2.24, 2.45) is 0 Å². The van der Waals surface area contributed by atoms with Gasteiger partial charge in [0.1, 0.15) is 0 Å². The van der Waals surface area contributed by atoms with Crippen LogP contribution in [0.5, 0.6) is 0 Å². The van der Waals surface area contributed by atoms with Gasteiger partial charge in [0.25, 0.3) is 0 Å². The van der Waals surface area contributed by atoms with Gasteiger partial charge < -0.3 is 9.13 Å². The molecule has 0 unspecified atom stereocenters. The van der Waals surface area contributed by atoms with Crippen LogP contribution in [0.1, 0.15) is 0 Å². The highest BCUT2D eigenvalue weighted by Crippen LogP contribution is 2.41. The minimum atomic E-state index is 1.15. The Hall–Kier alpha value is -6.38. The Morgan fingerprint density at radius 1 is 0.292 bits per heavy atom. The van der Waals surface area contributed by atoms with E-state index in [1.807, 2.05) is 0 Å². The van der Waals surface area contributed by atoms with E-state index in [0.717, 1.165) is 5.69 Å². The molecule has 0 radical (unpaired) electrons. The van der Waals surface area contributed by atoms with E-state index >= 15 is 0 Å². The molecule has 10 rings (SSSR count). The zero-order valence-electron chi connectivity index (χ0n) is 26.2. The third-order valence-electron chi connectivity index (χ3n) is 9.90. The summed E-state index contributed by atoms with van der Waals surface area (Å²) in [6.45, 7) is 0. The van der Waals surface area contributed by atoms with Gasteiger partial charge in [-0.05, 0) is 76.0 Å². The monoisotopic (exact) mass is 610 g/mol. The number of aromatic nitrogens is 2. The number of para-hydroxylation sites is 3. The van der Waals surface area contributed by atoms with Gasteiger partial charge >= 0.3 is 0 Å². The van der Waals surface area contributed by atoms with Crippen LogP contribution in [0.3, 0.4) is 0 Å². The second-order valence-corrected chi connectivity index (χ2v) is 12.6. The number of benzene rings is 8. The lowest BCUT2D eigenvalue weighted by molar-refractivity contribution is 1.17. The van der Waals surface area contributed by atoms with E-state index in [9.17, 15) is 0 Å². The standard InChI is InChI=1S/C46H30N2/c1-2-13-33(14-3-1)37-16-6-9-19-42(37)48-44-21-11-8-18-39(44)41-29-40-38-17-7-10-20-43(38)47(45(40)30-46(41)48)36-26-24-32(25-27-36)35-23-22-31-12-4-5-15-34(31)28-35/h1-30H. The Morgan fingerprint density at radius 3 is 1.65 bits per heavy atom. The van der Waals surface area contributed by atoms with Crippen LogP contribution in [0.25, 0.3) is 88.0 Å². The first-order valence-corrected chi connectivity index (χ1v) is 16.5. The molecule has 0 spiro atoms. The fraction of sp³-hybridized carbons (Fsp3) is 0. The van der Waals surface area contributed by atoms with Gasteiger partial charge in [0.15, 0.2) is 0 Å². The van der Waals surface area contributed by atoms with Crippen molar-refractivity contribution in [2.45, 2.75) is 0 Å². The zero-order chi connectivity index (χ0) is 31.6. The fourth-order valence-corrected chi connectivity index (χ4v) is 7.67. The number of hydrogen-bond donors (Lipinski definition) is 0. The molecule has 2 heteroatoms. The summed E-state index contributed by atoms with van der Waals surface area (Å²) in [5, 5.41) is 7.56. The van der Waals surface area contributed by atoms with Crippen molar-refractivity contribution in [1.82, 2.24) is 9.13 Å². The van der Waals surface area contributed by atoms with Crippen molar-refractivity contribution in [1.29, 1.82) is 0 Å². The van der Waals surface area contributed by atoms with Gasteiger partial charge in [0, 0.05) is 32.8 Å². The number of hydrogen-bond acceptors (Lipinski definition) is 0. The second kappa shape index (κ2) is 10.6. The third-order valence-corrected chi connectivity index (χ3v) is 9.90. The molecule has 0 amide bonds. The summed E-state index contributed by atoms with van der Waals surface area (Å²) in [5.41, 5.74) is 12.0. The van der Waals surface area contributed by atoms with Crippen molar-refractivity contribution < 1.29 is 0 Å². The van der Waals surface area contributed by atoms with Crippen LogP contribution in [0.15, 0.2) is 182 Å². The molecule has 0 aliphatic heterocycles. The molecular weight excluding hydrogens is 581 g/mol. The van der Waals surface area contributed by atoms with Gasteiger partial charge in [-0.1, -0.05) is 133 Å². The molecule has 2 aromatic heterocycles. The van der Waals surface area contributed by atoms with E-state index in [1.165, 1.54) is 82.3 Å². The first kappa shape index (κ1) is 26.8. The smallest absolute Gasteiger partial charge is 0.0562 e. The van der Waals surface area contributed by atoms with Crippen LogP contribution in [-0.2, 0) is 0 Å². The van der Waals surface area contributed by atoms with E-state index in [1.54, 1.807) is 0 Å². The molecule has 48 heavy (non-hydrogen) atoms. The largest absolute Gasteiger partial charge is 0.309 e. The van der Waals surface area contributed by atoms with Crippen LogP contribution in [-0.4, -0.2) is 9.13 Å². The summed E-state index contributed by atoms with van der Waals surface area (Å²) >= 11 is 0. The molecule has 0 N–H and O–H groups in total. The van der Waals surface area contributed by atoms with Crippen molar-refractivity contribution in [3.05, 3.63) is 182 Å². The lowest BCUT2D eigenvalue weighted by atomic mass is 10.0. The normalized spacial score (nSPS) is 11.8. The summed E-state index contributed by atoms with van der Waals surface area (Å²) in [6, 6.07) is 66.2. The topological polar surface area (TPSA) is 9.86 Å². The average Bonchev–Trinajstić information content (AvgIpc) is 3.66. The molecule has 0 aliphatic rings. The van der Waals surface area contributed by atoms with Crippen molar-refractivity contribution in [2.75, 3.05) is 0 Å². The average molecular weight is 611 g/mol. The minimum absolute atomic E-state index is 1.15. The van der Waals surface area contributed by atoms with E-state index in [4.69, 9.17) is 0 Å². The highest BCUT2D eigenvalue weighted by atomic mass is 15.0. The Bertz CT molecular complexity index is 2820. The first-order valence-electron chi connectivity index (χ1n) is 16.5. The van der Waals surface area contributed by atoms with Gasteiger partial charge in [0.2, 0.25) is 0 Å². The molecular formula is C46H30N2. The number of nitrogens with zero attached hydrogens (tertiary/aromatic N) is 2. The first-order chi connectivity index (χ1) is 23.8. The molecule has 2 heterocycles. The summed E-state index contributed by atoms with van der Waals surface area (Å²) in [5.74, 6) is 0. The SMILES string of the molecule is c1ccc(-c2ccccc2-n2c3ccccc3c3cc4c5ccccc5n(-c5ccc(-c6ccc7ccccc7c6)cc5)c4cc32)cc1. The summed E-state index contributed by atoms with van der Waals surface area (Å²) in [7, 11) is 0. The Morgan fingerprint density at radius 2 is 0.875 bits per heavy atom. The summed E-state index contributed by atoms with van der Waals surface area (Å²) < 4.78 is 4.89. The van der Waals surface area contributed by atoms with Crippen LogP contribution in [0.2, 0.25) is 0 Å².